The topological polar surface area (TPSA) is 99.2 Å². The minimum absolute atomic E-state index is 0.0304. The summed E-state index contributed by atoms with van der Waals surface area (Å²) in [5, 5.41) is 10.1. The molecule has 0 spiro atoms. The number of nitrogens with one attached hydrogen (secondary N) is 1. The maximum Gasteiger partial charge on any atom is 0.258 e. The molecular formula is C32H37N3O5S. The number of fused-ring (bicyclic) bond motifs is 2. The number of phenolic OH excluding ortho intramolecular Hbond substituents is 1. The van der Waals surface area contributed by atoms with Gasteiger partial charge in [0, 0.05) is 54.0 Å². The fourth-order valence-corrected chi connectivity index (χ4v) is 6.83. The Morgan fingerprint density at radius 2 is 1.66 bits per heavy atom. The van der Waals surface area contributed by atoms with Gasteiger partial charge in [0.2, 0.25) is 10.0 Å². The maximum absolute atomic E-state index is 13.6. The molecule has 3 aliphatic heterocycles. The number of rotatable bonds is 5. The largest absolute Gasteiger partial charge is 0.506 e. The van der Waals surface area contributed by atoms with E-state index in [4.69, 9.17) is 4.74 Å². The zero-order valence-corrected chi connectivity index (χ0v) is 24.8. The molecule has 8 nitrogen and oxygen atoms in total. The second-order valence-corrected chi connectivity index (χ2v) is 14.3. The predicted octanol–water partition coefficient (Wildman–Crippen LogP) is 5.01. The second-order valence-electron chi connectivity index (χ2n) is 12.6. The van der Waals surface area contributed by atoms with Crippen molar-refractivity contribution in [2.45, 2.75) is 32.6 Å². The molecule has 0 unspecified atom stereocenters. The number of amides is 1. The van der Waals surface area contributed by atoms with Gasteiger partial charge in [-0.15, -0.1) is 0 Å². The first-order valence-corrected chi connectivity index (χ1v) is 16.0. The third-order valence-corrected chi connectivity index (χ3v) is 9.12. The average Bonchev–Trinajstić information content (AvgIpc) is 3.51. The first kappa shape index (κ1) is 27.6. The number of carbonyl (C=O) groups excluding carboxylic acids is 1. The van der Waals surface area contributed by atoms with Crippen LogP contribution in [0.25, 0.3) is 11.1 Å². The number of nitrogens with zero attached hydrogens (tertiary/aromatic N) is 2. The van der Waals surface area contributed by atoms with E-state index in [1.807, 2.05) is 12.1 Å². The molecule has 0 radical (unpaired) electrons. The number of aromatic hydroxyl groups is 1. The van der Waals surface area contributed by atoms with Gasteiger partial charge in [-0.3, -0.25) is 9.52 Å². The lowest BCUT2D eigenvalue weighted by molar-refractivity contribution is 0.0980. The van der Waals surface area contributed by atoms with Crippen LogP contribution in [0.4, 0.5) is 17.1 Å². The molecular weight excluding hydrogens is 538 g/mol. The van der Waals surface area contributed by atoms with Crippen molar-refractivity contribution in [1.82, 2.24) is 0 Å². The van der Waals surface area contributed by atoms with Gasteiger partial charge < -0.3 is 19.6 Å². The van der Waals surface area contributed by atoms with Gasteiger partial charge in [0.05, 0.1) is 25.2 Å². The lowest BCUT2D eigenvalue weighted by Crippen LogP contribution is -2.37. The summed E-state index contributed by atoms with van der Waals surface area (Å²) in [4.78, 5) is 17.7. The maximum atomic E-state index is 13.6. The number of benzene rings is 3. The van der Waals surface area contributed by atoms with Crippen LogP contribution in [0.2, 0.25) is 0 Å². The SMILES string of the molecule is CC(C)(C)c1ccc(-c2ccc3c(c2)CCN(c2ccc(O)c(NS(C)(=O)=O)c2)C3=O)c(N2C[C@H]3COC[C@H]3C2)c1. The van der Waals surface area contributed by atoms with E-state index >= 15 is 0 Å². The van der Waals surface area contributed by atoms with E-state index in [9.17, 15) is 18.3 Å². The molecule has 0 saturated carbocycles. The molecule has 2 saturated heterocycles. The highest BCUT2D eigenvalue weighted by Crippen LogP contribution is 2.41. The summed E-state index contributed by atoms with van der Waals surface area (Å²) in [7, 11) is -3.59. The van der Waals surface area contributed by atoms with Crippen molar-refractivity contribution in [3.8, 4) is 16.9 Å². The summed E-state index contributed by atoms with van der Waals surface area (Å²) >= 11 is 0. The molecule has 0 aliphatic carbocycles. The number of hydrogen-bond donors (Lipinski definition) is 2. The standard InChI is InChI=1S/C32H37N3O5S/c1-32(2,3)24-6-9-26(29(14-24)34-16-22-18-40-19-23(22)17-34)20-5-8-27-21(13-20)11-12-35(31(27)37)25-7-10-30(36)28(15-25)33-41(4,38)39/h5-10,13-15,22-23,33,36H,11-12,16-19H2,1-4H3/t22-,23+. The molecule has 6 rings (SSSR count). The van der Waals surface area contributed by atoms with E-state index in [0.717, 1.165) is 43.7 Å². The molecule has 3 aromatic carbocycles. The van der Waals surface area contributed by atoms with Crippen molar-refractivity contribution in [2.24, 2.45) is 11.8 Å². The molecule has 1 amide bonds. The van der Waals surface area contributed by atoms with Crippen molar-refractivity contribution in [1.29, 1.82) is 0 Å². The Labute approximate surface area is 242 Å². The molecule has 0 bridgehead atoms. The molecule has 2 atom stereocenters. The van der Waals surface area contributed by atoms with Crippen LogP contribution in [0.15, 0.2) is 54.6 Å². The van der Waals surface area contributed by atoms with Crippen LogP contribution >= 0.6 is 0 Å². The van der Waals surface area contributed by atoms with Crippen LogP contribution in [0.1, 0.15) is 42.3 Å². The number of hydrogen-bond acceptors (Lipinski definition) is 6. The molecule has 216 valence electrons. The van der Waals surface area contributed by atoms with E-state index in [-0.39, 0.29) is 22.8 Å². The van der Waals surface area contributed by atoms with Gasteiger partial charge in [-0.25, -0.2) is 8.42 Å². The number of phenols is 1. The first-order valence-electron chi connectivity index (χ1n) is 14.1. The molecule has 2 N–H and O–H groups in total. The third kappa shape index (κ3) is 5.40. The number of anilines is 3. The molecule has 2 fully saturated rings. The fraction of sp³-hybridized carbons (Fsp3) is 0.406. The summed E-state index contributed by atoms with van der Waals surface area (Å²) in [6, 6.07) is 17.4. The highest BCUT2D eigenvalue weighted by Gasteiger charge is 2.38. The molecule has 3 heterocycles. The Bertz CT molecular complexity index is 1620. The monoisotopic (exact) mass is 575 g/mol. The fourth-order valence-electron chi connectivity index (χ4n) is 6.26. The minimum Gasteiger partial charge on any atom is -0.506 e. The Hall–Kier alpha value is -3.56. The van der Waals surface area contributed by atoms with Gasteiger partial charge >= 0.3 is 0 Å². The van der Waals surface area contributed by atoms with Crippen LogP contribution in [0.3, 0.4) is 0 Å². The van der Waals surface area contributed by atoms with Crippen LogP contribution < -0.4 is 14.5 Å². The number of sulfonamides is 1. The van der Waals surface area contributed by atoms with Crippen molar-refractivity contribution < 1.29 is 23.1 Å². The van der Waals surface area contributed by atoms with E-state index < -0.39 is 10.0 Å². The Morgan fingerprint density at radius 3 is 2.34 bits per heavy atom. The van der Waals surface area contributed by atoms with Crippen molar-refractivity contribution in [3.63, 3.8) is 0 Å². The van der Waals surface area contributed by atoms with Crippen molar-refractivity contribution in [2.75, 3.05) is 53.6 Å². The lowest BCUT2D eigenvalue weighted by Gasteiger charge is -2.30. The van der Waals surface area contributed by atoms with Gasteiger partial charge in [-0.2, -0.15) is 0 Å². The number of carbonyl (C=O) groups is 1. The Kier molecular flexibility index (Phi) is 6.77. The van der Waals surface area contributed by atoms with Gasteiger partial charge in [0.15, 0.2) is 0 Å². The molecule has 3 aliphatic rings. The molecule has 9 heteroatoms. The van der Waals surface area contributed by atoms with Crippen molar-refractivity contribution in [3.05, 3.63) is 71.3 Å². The Morgan fingerprint density at radius 1 is 0.951 bits per heavy atom. The van der Waals surface area contributed by atoms with Gasteiger partial charge in [0.1, 0.15) is 5.75 Å². The molecule has 3 aromatic rings. The van der Waals surface area contributed by atoms with E-state index in [2.05, 4.69) is 54.7 Å². The normalized spacial score (nSPS) is 20.7. The van der Waals surface area contributed by atoms with Gasteiger partial charge in [-0.1, -0.05) is 45.0 Å². The smallest absolute Gasteiger partial charge is 0.258 e. The zero-order valence-electron chi connectivity index (χ0n) is 24.0. The summed E-state index contributed by atoms with van der Waals surface area (Å²) in [6.07, 6.45) is 1.68. The zero-order chi connectivity index (χ0) is 29.1. The number of ether oxygens (including phenoxy) is 1. The van der Waals surface area contributed by atoms with Gasteiger partial charge in [0.25, 0.3) is 5.91 Å². The lowest BCUT2D eigenvalue weighted by atomic mass is 9.85. The highest BCUT2D eigenvalue weighted by molar-refractivity contribution is 7.92. The van der Waals surface area contributed by atoms with E-state index in [1.165, 1.54) is 28.9 Å². The highest BCUT2D eigenvalue weighted by atomic mass is 32.2. The second kappa shape index (κ2) is 10.1. The van der Waals surface area contributed by atoms with Crippen LogP contribution in [0.5, 0.6) is 5.75 Å². The summed E-state index contributed by atoms with van der Waals surface area (Å²) in [5.74, 6) is 0.795. The van der Waals surface area contributed by atoms with Gasteiger partial charge in [-0.05, 0) is 58.9 Å². The third-order valence-electron chi connectivity index (χ3n) is 8.53. The minimum atomic E-state index is -3.59. The first-order chi connectivity index (χ1) is 19.4. The van der Waals surface area contributed by atoms with Crippen LogP contribution in [-0.4, -0.2) is 58.5 Å². The average molecular weight is 576 g/mol. The van der Waals surface area contributed by atoms with Crippen LogP contribution in [-0.2, 0) is 26.6 Å². The Balaban J connectivity index is 1.32. The summed E-state index contributed by atoms with van der Waals surface area (Å²) in [6.45, 7) is 10.8. The molecule has 0 aromatic heterocycles. The van der Waals surface area contributed by atoms with E-state index in [1.54, 1.807) is 11.0 Å². The predicted molar refractivity (Wildman–Crippen MR) is 163 cm³/mol. The van der Waals surface area contributed by atoms with Crippen LogP contribution in [0, 0.1) is 11.8 Å². The van der Waals surface area contributed by atoms with Crippen molar-refractivity contribution >= 4 is 33.0 Å². The summed E-state index contributed by atoms with van der Waals surface area (Å²) < 4.78 is 31.5. The summed E-state index contributed by atoms with van der Waals surface area (Å²) in [5.41, 5.74) is 7.03. The van der Waals surface area contributed by atoms with E-state index in [0.29, 0.717) is 36.1 Å². The quantitative estimate of drug-likeness (QED) is 0.415. The molecule has 41 heavy (non-hydrogen) atoms.